The third kappa shape index (κ3) is 7.83. The average Bonchev–Trinajstić information content (AvgIpc) is 3.99. The van der Waals surface area contributed by atoms with E-state index >= 15 is 0 Å². The van der Waals surface area contributed by atoms with Crippen molar-refractivity contribution in [3.8, 4) is 0 Å². The SMILES string of the molecule is O=C1N[C@H]2CCCCC/C=C\[C@H]3C[C@@]3(C(=O)NS(=O)(=O)C3CC3)NC(=O)[C@@H]3C[C@H](CN3C2=O)OC(=O)N2Cc3cccc(c3C2)/C=C/CCCCO1. The lowest BCUT2D eigenvalue weighted by Gasteiger charge is -2.29. The van der Waals surface area contributed by atoms with E-state index in [0.717, 1.165) is 42.4 Å². The van der Waals surface area contributed by atoms with Crippen molar-refractivity contribution in [3.63, 3.8) is 0 Å². The van der Waals surface area contributed by atoms with Crippen LogP contribution in [-0.4, -0.2) is 90.3 Å². The van der Waals surface area contributed by atoms with Crippen LogP contribution < -0.4 is 15.4 Å². The van der Waals surface area contributed by atoms with Gasteiger partial charge >= 0.3 is 12.2 Å². The van der Waals surface area contributed by atoms with Gasteiger partial charge in [0, 0.05) is 18.9 Å². The van der Waals surface area contributed by atoms with Gasteiger partial charge in [-0.05, 0) is 74.5 Å². The number of alkyl carbamates (subject to hydrolysis) is 1. The Morgan fingerprint density at radius 1 is 0.962 bits per heavy atom. The van der Waals surface area contributed by atoms with Crippen LogP contribution in [-0.2, 0) is 47.0 Å². The molecule has 1 aromatic rings. The highest BCUT2D eigenvalue weighted by Gasteiger charge is 2.62. The van der Waals surface area contributed by atoms with Gasteiger partial charge in [0.25, 0.3) is 5.91 Å². The molecule has 2 aliphatic carbocycles. The Labute approximate surface area is 303 Å². The van der Waals surface area contributed by atoms with Crippen molar-refractivity contribution in [2.75, 3.05) is 13.2 Å². The molecular weight excluding hydrogens is 690 g/mol. The molecule has 2 saturated carbocycles. The van der Waals surface area contributed by atoms with E-state index in [1.54, 1.807) is 4.90 Å². The summed E-state index contributed by atoms with van der Waals surface area (Å²) in [5.41, 5.74) is 1.54. The summed E-state index contributed by atoms with van der Waals surface area (Å²) < 4.78 is 39.2. The minimum atomic E-state index is -3.89. The first-order valence-electron chi connectivity index (χ1n) is 18.6. The predicted octanol–water partition coefficient (Wildman–Crippen LogP) is 3.40. The first-order chi connectivity index (χ1) is 25.0. The standard InChI is InChI=1S/C37H47N5O9S/c43-32-31-19-27-22-42(31)33(44)30(15-8-3-1-2-7-14-26-20-37(26,39-32)34(45)40-52(48,49)28-16-17-28)38-35(46)50-18-9-5-4-6-11-24-12-10-13-25-21-41(23-29(24)25)36(47)51-27/h6-7,10-14,26-28,30-31H,1-5,8-9,15-23H2,(H,38,46)(H,39,43)(H,40,45)/b11-6+,14-7-/t26-,27+,30-,31-,37+/m0/s1. The highest BCUT2D eigenvalue weighted by molar-refractivity contribution is 7.91. The number of benzene rings is 1. The van der Waals surface area contributed by atoms with Crippen molar-refractivity contribution in [2.45, 2.75) is 119 Å². The molecule has 1 saturated heterocycles. The van der Waals surface area contributed by atoms with Crippen LogP contribution >= 0.6 is 0 Å². The number of nitrogens with zero attached hydrogens (tertiary/aromatic N) is 2. The fraction of sp³-hybridized carbons (Fsp3) is 0.595. The number of nitrogens with one attached hydrogen (secondary N) is 3. The first kappa shape index (κ1) is 36.0. The molecule has 5 bridgehead atoms. The summed E-state index contributed by atoms with van der Waals surface area (Å²) in [6.45, 7) is 0.781. The maximum atomic E-state index is 14.3. The molecule has 1 aromatic carbocycles. The van der Waals surface area contributed by atoms with Crippen LogP contribution in [0.25, 0.3) is 6.08 Å². The summed E-state index contributed by atoms with van der Waals surface area (Å²) in [4.78, 5) is 71.6. The molecule has 52 heavy (non-hydrogen) atoms. The molecule has 3 N–H and O–H groups in total. The zero-order chi connectivity index (χ0) is 36.5. The zero-order valence-corrected chi connectivity index (χ0v) is 30.0. The number of rotatable bonds is 3. The molecule has 4 heterocycles. The Hall–Kier alpha value is -4.40. The van der Waals surface area contributed by atoms with Gasteiger partial charge in [0.1, 0.15) is 23.7 Å². The molecule has 15 heteroatoms. The molecule has 4 aliphatic heterocycles. The molecule has 0 spiro atoms. The summed E-state index contributed by atoms with van der Waals surface area (Å²) in [5.74, 6) is -2.43. The van der Waals surface area contributed by atoms with Gasteiger partial charge in [-0.1, -0.05) is 55.3 Å². The predicted molar refractivity (Wildman–Crippen MR) is 189 cm³/mol. The smallest absolute Gasteiger partial charge is 0.410 e. The Morgan fingerprint density at radius 2 is 1.77 bits per heavy atom. The number of carbonyl (C=O) groups is 5. The van der Waals surface area contributed by atoms with Crippen LogP contribution in [0.15, 0.2) is 36.4 Å². The maximum absolute atomic E-state index is 14.3. The molecule has 5 atom stereocenters. The van der Waals surface area contributed by atoms with Crippen LogP contribution in [0.5, 0.6) is 0 Å². The Bertz CT molecular complexity index is 1780. The fourth-order valence-corrected chi connectivity index (χ4v) is 9.08. The molecule has 0 aromatic heterocycles. The van der Waals surface area contributed by atoms with Crippen molar-refractivity contribution in [3.05, 3.63) is 53.1 Å². The van der Waals surface area contributed by atoms with E-state index in [1.807, 2.05) is 36.4 Å². The van der Waals surface area contributed by atoms with Crippen molar-refractivity contribution in [2.24, 2.45) is 5.92 Å². The van der Waals surface area contributed by atoms with Gasteiger partial charge in [0.05, 0.1) is 24.9 Å². The molecule has 7 rings (SSSR count). The molecule has 14 nitrogen and oxygen atoms in total. The van der Waals surface area contributed by atoms with Gasteiger partial charge in [0.15, 0.2) is 0 Å². The molecule has 5 amide bonds. The largest absolute Gasteiger partial charge is 0.450 e. The number of hydrogen-bond donors (Lipinski definition) is 3. The maximum Gasteiger partial charge on any atom is 0.410 e. The number of hydrogen-bond acceptors (Lipinski definition) is 9. The Balaban J connectivity index is 1.17. The number of cyclic esters (lactones) is 1. The van der Waals surface area contributed by atoms with E-state index in [2.05, 4.69) is 21.4 Å². The van der Waals surface area contributed by atoms with Gasteiger partial charge in [-0.3, -0.25) is 24.0 Å². The van der Waals surface area contributed by atoms with Gasteiger partial charge in [0.2, 0.25) is 21.8 Å². The Morgan fingerprint density at radius 3 is 2.60 bits per heavy atom. The molecule has 0 unspecified atom stereocenters. The lowest BCUT2D eigenvalue weighted by atomic mass is 10.0. The van der Waals surface area contributed by atoms with Crippen molar-refractivity contribution >= 4 is 46.0 Å². The summed E-state index contributed by atoms with van der Waals surface area (Å²) in [5, 5.41) is 4.93. The zero-order valence-electron chi connectivity index (χ0n) is 29.2. The van der Waals surface area contributed by atoms with E-state index < -0.39 is 74.8 Å². The van der Waals surface area contributed by atoms with Crippen LogP contribution in [0.3, 0.4) is 0 Å². The highest BCUT2D eigenvalue weighted by Crippen LogP contribution is 2.46. The van der Waals surface area contributed by atoms with E-state index in [9.17, 15) is 32.4 Å². The lowest BCUT2D eigenvalue weighted by Crippen LogP contribution is -2.58. The fourth-order valence-electron chi connectivity index (χ4n) is 7.72. The van der Waals surface area contributed by atoms with Crippen LogP contribution in [0.2, 0.25) is 0 Å². The summed E-state index contributed by atoms with van der Waals surface area (Å²) in [6, 6.07) is 3.77. The second-order valence-electron chi connectivity index (χ2n) is 14.8. The normalized spacial score (nSPS) is 31.5. The van der Waals surface area contributed by atoms with E-state index in [4.69, 9.17) is 9.47 Å². The Kier molecular flexibility index (Phi) is 10.3. The van der Waals surface area contributed by atoms with Crippen molar-refractivity contribution < 1.29 is 41.9 Å². The van der Waals surface area contributed by atoms with E-state index in [-0.39, 0.29) is 26.0 Å². The third-order valence-corrected chi connectivity index (χ3v) is 12.8. The topological polar surface area (TPSA) is 181 Å². The van der Waals surface area contributed by atoms with Crippen LogP contribution in [0.1, 0.15) is 93.7 Å². The summed E-state index contributed by atoms with van der Waals surface area (Å²) in [6.07, 6.45) is 12.2. The van der Waals surface area contributed by atoms with Crippen molar-refractivity contribution in [1.82, 2.24) is 25.2 Å². The number of fused-ring (bicyclic) bond motifs is 4. The quantitative estimate of drug-likeness (QED) is 0.392. The van der Waals surface area contributed by atoms with E-state index in [1.165, 1.54) is 4.90 Å². The van der Waals surface area contributed by atoms with Crippen LogP contribution in [0.4, 0.5) is 9.59 Å². The summed E-state index contributed by atoms with van der Waals surface area (Å²) >= 11 is 0. The number of sulfonamides is 1. The number of allylic oxidation sites excluding steroid dienone is 2. The minimum absolute atomic E-state index is 0.0478. The number of amides is 5. The van der Waals surface area contributed by atoms with E-state index in [0.29, 0.717) is 51.6 Å². The molecule has 280 valence electrons. The second kappa shape index (κ2) is 14.9. The van der Waals surface area contributed by atoms with Gasteiger partial charge in [-0.25, -0.2) is 18.0 Å². The van der Waals surface area contributed by atoms with Gasteiger partial charge in [-0.15, -0.1) is 0 Å². The minimum Gasteiger partial charge on any atom is -0.450 e. The molecular formula is C37H47N5O9S. The summed E-state index contributed by atoms with van der Waals surface area (Å²) in [7, 11) is -3.89. The third-order valence-electron chi connectivity index (χ3n) is 11.0. The monoisotopic (exact) mass is 737 g/mol. The van der Waals surface area contributed by atoms with Crippen molar-refractivity contribution in [1.29, 1.82) is 0 Å². The molecule has 0 radical (unpaired) electrons. The highest BCUT2D eigenvalue weighted by atomic mass is 32.2. The second-order valence-corrected chi connectivity index (χ2v) is 16.8. The van der Waals surface area contributed by atoms with Gasteiger partial charge in [-0.2, -0.15) is 0 Å². The lowest BCUT2D eigenvalue weighted by molar-refractivity contribution is -0.141. The first-order valence-corrected chi connectivity index (χ1v) is 20.1. The molecule has 3 fully saturated rings. The number of carbonyl (C=O) groups excluding carboxylic acids is 5. The number of ether oxygens (including phenoxy) is 2. The van der Waals surface area contributed by atoms with Gasteiger partial charge < -0.3 is 25.0 Å². The average molecular weight is 738 g/mol. The molecule has 6 aliphatic rings. The van der Waals surface area contributed by atoms with Crippen LogP contribution in [0, 0.1) is 5.92 Å².